The van der Waals surface area contributed by atoms with Crippen LogP contribution >= 0.6 is 0 Å². The molecule has 0 N–H and O–H groups in total. The standard InChI is InChI=1S/C64H40N4/c1-3-15-41(16-4-1)58-40-59(66-64(65-58)43-17-5-2-6-18-43)42-27-31-46(32-28-42)67-60-25-13-11-23-53(60)55-34-29-45(38-63(55)67)44-30-36-62-57(37-44)54-24-12-14-26-61(54)68(62)47-33-35-52-50-21-8-7-19-48(50)49-20-9-10-22-51(49)56(52)39-47/h1-40H. The molecule has 0 aliphatic heterocycles. The molecule has 68 heavy (non-hydrogen) atoms. The minimum Gasteiger partial charge on any atom is -0.309 e. The quantitative estimate of drug-likeness (QED) is 0.156. The van der Waals surface area contributed by atoms with Gasteiger partial charge in [-0.15, -0.1) is 0 Å². The molecule has 3 heterocycles. The first-order chi connectivity index (χ1) is 33.7. The Morgan fingerprint density at radius 2 is 0.632 bits per heavy atom. The van der Waals surface area contributed by atoms with E-state index in [1.54, 1.807) is 0 Å². The van der Waals surface area contributed by atoms with Gasteiger partial charge in [0.25, 0.3) is 0 Å². The Kier molecular flexibility index (Phi) is 8.55. The maximum Gasteiger partial charge on any atom is 0.160 e. The summed E-state index contributed by atoms with van der Waals surface area (Å²) in [5.74, 6) is 0.708. The van der Waals surface area contributed by atoms with Gasteiger partial charge in [-0.1, -0.05) is 182 Å². The predicted molar refractivity (Wildman–Crippen MR) is 285 cm³/mol. The summed E-state index contributed by atoms with van der Waals surface area (Å²) in [6, 6.07) is 87.6. The second-order valence-electron chi connectivity index (χ2n) is 17.7. The molecule has 0 fully saturated rings. The third kappa shape index (κ3) is 6.01. The molecular formula is C64H40N4. The Morgan fingerprint density at radius 3 is 1.28 bits per heavy atom. The van der Waals surface area contributed by atoms with Crippen LogP contribution in [0.3, 0.4) is 0 Å². The van der Waals surface area contributed by atoms with Crippen molar-refractivity contribution in [1.29, 1.82) is 0 Å². The van der Waals surface area contributed by atoms with E-state index in [1.807, 2.05) is 24.3 Å². The van der Waals surface area contributed by atoms with Crippen LogP contribution < -0.4 is 0 Å². The summed E-state index contributed by atoms with van der Waals surface area (Å²) in [7, 11) is 0. The van der Waals surface area contributed by atoms with Gasteiger partial charge in [0.2, 0.25) is 0 Å². The fourth-order valence-corrected chi connectivity index (χ4v) is 10.7. The zero-order valence-electron chi connectivity index (χ0n) is 36.9. The lowest BCUT2D eigenvalue weighted by molar-refractivity contribution is 1.17. The molecule has 11 aromatic carbocycles. The van der Waals surface area contributed by atoms with Crippen molar-refractivity contribution in [2.24, 2.45) is 0 Å². The van der Waals surface area contributed by atoms with Crippen molar-refractivity contribution >= 4 is 75.9 Å². The molecule has 0 radical (unpaired) electrons. The average Bonchev–Trinajstić information content (AvgIpc) is 3.93. The maximum absolute atomic E-state index is 5.11. The van der Waals surface area contributed by atoms with Gasteiger partial charge in [-0.25, -0.2) is 9.97 Å². The molecule has 0 atom stereocenters. The predicted octanol–water partition coefficient (Wildman–Crippen LogP) is 16.8. The molecule has 0 bridgehead atoms. The van der Waals surface area contributed by atoms with Crippen molar-refractivity contribution in [1.82, 2.24) is 19.1 Å². The molecule has 0 aliphatic rings. The summed E-state index contributed by atoms with van der Waals surface area (Å²) in [5.41, 5.74) is 14.2. The van der Waals surface area contributed by atoms with E-state index in [4.69, 9.17) is 9.97 Å². The van der Waals surface area contributed by atoms with Crippen molar-refractivity contribution < 1.29 is 0 Å². The number of nitrogens with zero attached hydrogens (tertiary/aromatic N) is 4. The number of hydrogen-bond acceptors (Lipinski definition) is 2. The van der Waals surface area contributed by atoms with Crippen molar-refractivity contribution in [2.75, 3.05) is 0 Å². The number of hydrogen-bond donors (Lipinski definition) is 0. The van der Waals surface area contributed by atoms with Crippen LogP contribution in [-0.4, -0.2) is 19.1 Å². The summed E-state index contributed by atoms with van der Waals surface area (Å²) in [4.78, 5) is 10.1. The van der Waals surface area contributed by atoms with E-state index in [2.05, 4.69) is 228 Å². The van der Waals surface area contributed by atoms with Crippen LogP contribution in [0.15, 0.2) is 243 Å². The Bertz CT molecular complexity index is 4200. The molecule has 14 rings (SSSR count). The molecule has 4 heteroatoms. The Labute approximate surface area is 392 Å². The van der Waals surface area contributed by atoms with Crippen LogP contribution in [0.4, 0.5) is 0 Å². The largest absolute Gasteiger partial charge is 0.309 e. The summed E-state index contributed by atoms with van der Waals surface area (Å²) < 4.78 is 4.84. The van der Waals surface area contributed by atoms with Gasteiger partial charge in [0.15, 0.2) is 5.82 Å². The third-order valence-electron chi connectivity index (χ3n) is 13.9. The molecular weight excluding hydrogens is 825 g/mol. The van der Waals surface area contributed by atoms with E-state index in [0.29, 0.717) is 5.82 Å². The van der Waals surface area contributed by atoms with E-state index in [9.17, 15) is 0 Å². The number of rotatable bonds is 6. The molecule has 0 unspecified atom stereocenters. The molecule has 3 aromatic heterocycles. The average molecular weight is 865 g/mol. The van der Waals surface area contributed by atoms with E-state index in [1.165, 1.54) is 81.5 Å². The van der Waals surface area contributed by atoms with Crippen LogP contribution in [0.5, 0.6) is 0 Å². The zero-order chi connectivity index (χ0) is 44.7. The minimum atomic E-state index is 0.708. The van der Waals surface area contributed by atoms with Crippen LogP contribution in [0.2, 0.25) is 0 Å². The lowest BCUT2D eigenvalue weighted by Crippen LogP contribution is -1.97. The Hall–Kier alpha value is -9.12. The fraction of sp³-hybridized carbons (Fsp3) is 0. The lowest BCUT2D eigenvalue weighted by atomic mass is 9.94. The first-order valence-electron chi connectivity index (χ1n) is 23.2. The summed E-state index contributed by atoms with van der Waals surface area (Å²) >= 11 is 0. The van der Waals surface area contributed by atoms with Gasteiger partial charge in [-0.05, 0) is 104 Å². The van der Waals surface area contributed by atoms with E-state index in [-0.39, 0.29) is 0 Å². The molecule has 14 aromatic rings. The number of para-hydroxylation sites is 2. The van der Waals surface area contributed by atoms with Crippen LogP contribution in [0.1, 0.15) is 0 Å². The van der Waals surface area contributed by atoms with Gasteiger partial charge in [-0.2, -0.15) is 0 Å². The molecule has 0 spiro atoms. The van der Waals surface area contributed by atoms with Crippen LogP contribution in [0.25, 0.3) is 132 Å². The highest BCUT2D eigenvalue weighted by Crippen LogP contribution is 2.41. The smallest absolute Gasteiger partial charge is 0.160 e. The van der Waals surface area contributed by atoms with E-state index >= 15 is 0 Å². The number of fused-ring (bicyclic) bond motifs is 12. The molecule has 316 valence electrons. The highest BCUT2D eigenvalue weighted by atomic mass is 15.0. The minimum absolute atomic E-state index is 0.708. The van der Waals surface area contributed by atoms with Crippen molar-refractivity contribution in [2.45, 2.75) is 0 Å². The highest BCUT2D eigenvalue weighted by molar-refractivity contribution is 6.25. The van der Waals surface area contributed by atoms with Gasteiger partial charge in [0.05, 0.1) is 33.5 Å². The number of benzene rings is 11. The fourth-order valence-electron chi connectivity index (χ4n) is 10.7. The second kappa shape index (κ2) is 15.2. The molecule has 0 amide bonds. The SMILES string of the molecule is c1ccc(-c2cc(-c3ccc(-n4c5ccccc5c5ccc(-c6ccc7c(c6)c6ccccc6n7-c6ccc7c8ccccc8c8ccccc8c7c6)cc54)cc3)nc(-c3ccccc3)n2)cc1. The monoisotopic (exact) mass is 864 g/mol. The topological polar surface area (TPSA) is 35.6 Å². The number of aromatic nitrogens is 4. The summed E-state index contributed by atoms with van der Waals surface area (Å²) in [6.45, 7) is 0. The first kappa shape index (κ1) is 38.2. The maximum atomic E-state index is 5.11. The van der Waals surface area contributed by atoms with Crippen LogP contribution in [0, 0.1) is 0 Å². The molecule has 0 saturated heterocycles. The first-order valence-corrected chi connectivity index (χ1v) is 23.2. The van der Waals surface area contributed by atoms with Gasteiger partial charge >= 0.3 is 0 Å². The van der Waals surface area contributed by atoms with Crippen molar-refractivity contribution in [3.05, 3.63) is 243 Å². The van der Waals surface area contributed by atoms with Crippen LogP contribution in [-0.2, 0) is 0 Å². The molecule has 0 aliphatic carbocycles. The van der Waals surface area contributed by atoms with Crippen molar-refractivity contribution in [3.63, 3.8) is 0 Å². The summed E-state index contributed by atoms with van der Waals surface area (Å²) in [5, 5.41) is 12.6. The lowest BCUT2D eigenvalue weighted by Gasteiger charge is -2.14. The van der Waals surface area contributed by atoms with Gasteiger partial charge in [0, 0.05) is 49.6 Å². The molecule has 0 saturated carbocycles. The normalized spacial score (nSPS) is 11.8. The Balaban J connectivity index is 0.888. The second-order valence-corrected chi connectivity index (χ2v) is 17.7. The summed E-state index contributed by atoms with van der Waals surface area (Å²) in [6.07, 6.45) is 0. The van der Waals surface area contributed by atoms with Gasteiger partial charge in [0.1, 0.15) is 0 Å². The third-order valence-corrected chi connectivity index (χ3v) is 13.9. The Morgan fingerprint density at radius 1 is 0.221 bits per heavy atom. The van der Waals surface area contributed by atoms with E-state index < -0.39 is 0 Å². The van der Waals surface area contributed by atoms with Gasteiger partial charge < -0.3 is 9.13 Å². The van der Waals surface area contributed by atoms with Crippen molar-refractivity contribution in [3.8, 4) is 56.4 Å². The van der Waals surface area contributed by atoms with Gasteiger partial charge in [-0.3, -0.25) is 0 Å². The zero-order valence-corrected chi connectivity index (χ0v) is 36.9. The molecule has 4 nitrogen and oxygen atoms in total. The van der Waals surface area contributed by atoms with E-state index in [0.717, 1.165) is 45.0 Å². The highest BCUT2D eigenvalue weighted by Gasteiger charge is 2.18.